The first-order valence-corrected chi connectivity index (χ1v) is 10.3. The minimum atomic E-state index is -4.80. The second kappa shape index (κ2) is 7.98. The molecule has 0 fully saturated rings. The molecule has 4 aromatic rings. The first-order chi connectivity index (χ1) is 16.2. The maximum atomic E-state index is 13.8. The molecule has 8 heteroatoms. The molecule has 5 rings (SSSR count). The van der Waals surface area contributed by atoms with Crippen LogP contribution in [-0.2, 0) is 6.18 Å². The van der Waals surface area contributed by atoms with Gasteiger partial charge in [0.2, 0.25) is 0 Å². The fourth-order valence-electron chi connectivity index (χ4n) is 4.18. The highest BCUT2D eigenvalue weighted by atomic mass is 19.4. The van der Waals surface area contributed by atoms with E-state index in [-0.39, 0.29) is 11.6 Å². The van der Waals surface area contributed by atoms with Crippen molar-refractivity contribution in [1.29, 1.82) is 0 Å². The highest BCUT2D eigenvalue weighted by molar-refractivity contribution is 6.08. The summed E-state index contributed by atoms with van der Waals surface area (Å²) < 4.78 is 53.0. The molecule has 0 bridgehead atoms. The lowest BCUT2D eigenvalue weighted by Gasteiger charge is -2.17. The predicted octanol–water partition coefficient (Wildman–Crippen LogP) is 6.08. The standard InChI is InChI=1S/C26H16F4N2O2/c27-19-12-17(11-18(13-19)26(28,29)30)24(33)31-21-7-3-6-20-22(21)23(32-25(20)34)16-9-8-14-4-1-2-5-15(14)10-16/h1-13,23H,(H,31,33)(H,32,34). The zero-order valence-corrected chi connectivity index (χ0v) is 17.4. The van der Waals surface area contributed by atoms with E-state index < -0.39 is 35.1 Å². The minimum absolute atomic E-state index is 0.247. The summed E-state index contributed by atoms with van der Waals surface area (Å²) in [7, 11) is 0. The third-order valence-corrected chi connectivity index (χ3v) is 5.76. The maximum Gasteiger partial charge on any atom is 0.416 e. The van der Waals surface area contributed by atoms with Crippen molar-refractivity contribution in [3.63, 3.8) is 0 Å². The van der Waals surface area contributed by atoms with Gasteiger partial charge in [-0.2, -0.15) is 13.2 Å². The summed E-state index contributed by atoms with van der Waals surface area (Å²) in [5, 5.41) is 7.43. The van der Waals surface area contributed by atoms with Gasteiger partial charge < -0.3 is 10.6 Å². The van der Waals surface area contributed by atoms with Crippen molar-refractivity contribution in [2.75, 3.05) is 5.32 Å². The van der Waals surface area contributed by atoms with Crippen LogP contribution in [0.5, 0.6) is 0 Å². The number of halogens is 4. The number of alkyl halides is 3. The van der Waals surface area contributed by atoms with E-state index in [1.165, 1.54) is 0 Å². The Morgan fingerprint density at radius 2 is 1.65 bits per heavy atom. The van der Waals surface area contributed by atoms with Crippen LogP contribution in [0.15, 0.2) is 78.9 Å². The molecule has 4 aromatic carbocycles. The molecule has 34 heavy (non-hydrogen) atoms. The van der Waals surface area contributed by atoms with E-state index in [1.54, 1.807) is 18.2 Å². The number of rotatable bonds is 3. The van der Waals surface area contributed by atoms with Gasteiger partial charge in [0.05, 0.1) is 11.6 Å². The lowest BCUT2D eigenvalue weighted by atomic mass is 9.94. The SMILES string of the molecule is O=C(Nc1cccc2c1C(c1ccc3ccccc3c1)NC2=O)c1cc(F)cc(C(F)(F)F)c1. The normalized spacial score (nSPS) is 15.2. The number of nitrogens with one attached hydrogen (secondary N) is 2. The van der Waals surface area contributed by atoms with Crippen LogP contribution in [0.3, 0.4) is 0 Å². The average molecular weight is 464 g/mol. The van der Waals surface area contributed by atoms with Gasteiger partial charge in [0.1, 0.15) is 5.82 Å². The molecule has 0 saturated heterocycles. The second-order valence-corrected chi connectivity index (χ2v) is 7.96. The molecule has 0 aliphatic carbocycles. The summed E-state index contributed by atoms with van der Waals surface area (Å²) >= 11 is 0. The van der Waals surface area contributed by atoms with Crippen molar-refractivity contribution in [3.05, 3.63) is 112 Å². The molecular formula is C26H16F4N2O2. The lowest BCUT2D eigenvalue weighted by Crippen LogP contribution is -2.20. The molecule has 1 unspecified atom stereocenters. The largest absolute Gasteiger partial charge is 0.416 e. The molecule has 0 aromatic heterocycles. The van der Waals surface area contributed by atoms with Gasteiger partial charge in [-0.1, -0.05) is 42.5 Å². The van der Waals surface area contributed by atoms with Crippen LogP contribution >= 0.6 is 0 Å². The summed E-state index contributed by atoms with van der Waals surface area (Å²) in [6.07, 6.45) is -4.80. The number of carbonyl (C=O) groups is 2. The zero-order valence-electron chi connectivity index (χ0n) is 17.4. The highest BCUT2D eigenvalue weighted by Crippen LogP contribution is 2.38. The van der Waals surface area contributed by atoms with Gasteiger partial charge in [-0.25, -0.2) is 4.39 Å². The van der Waals surface area contributed by atoms with Gasteiger partial charge in [0.15, 0.2) is 0 Å². The van der Waals surface area contributed by atoms with E-state index >= 15 is 0 Å². The molecule has 2 N–H and O–H groups in total. The maximum absolute atomic E-state index is 13.8. The van der Waals surface area contributed by atoms with Crippen LogP contribution < -0.4 is 10.6 Å². The van der Waals surface area contributed by atoms with Crippen molar-refractivity contribution in [2.45, 2.75) is 12.2 Å². The van der Waals surface area contributed by atoms with E-state index in [0.717, 1.165) is 22.4 Å². The monoisotopic (exact) mass is 464 g/mol. The van der Waals surface area contributed by atoms with Crippen molar-refractivity contribution in [1.82, 2.24) is 5.32 Å². The Labute approximate surface area is 191 Å². The fraction of sp³-hybridized carbons (Fsp3) is 0.0769. The number of amides is 2. The highest BCUT2D eigenvalue weighted by Gasteiger charge is 2.34. The number of hydrogen-bond donors (Lipinski definition) is 2. The van der Waals surface area contributed by atoms with E-state index in [4.69, 9.17) is 0 Å². The van der Waals surface area contributed by atoms with Crippen LogP contribution in [0.25, 0.3) is 10.8 Å². The zero-order chi connectivity index (χ0) is 24.0. The predicted molar refractivity (Wildman–Crippen MR) is 119 cm³/mol. The molecular weight excluding hydrogens is 448 g/mol. The van der Waals surface area contributed by atoms with E-state index in [1.807, 2.05) is 42.5 Å². The first kappa shape index (κ1) is 21.6. The van der Waals surface area contributed by atoms with Crippen molar-refractivity contribution < 1.29 is 27.2 Å². The lowest BCUT2D eigenvalue weighted by molar-refractivity contribution is -0.137. The first-order valence-electron chi connectivity index (χ1n) is 10.3. The van der Waals surface area contributed by atoms with Gasteiger partial charge in [0.25, 0.3) is 11.8 Å². The summed E-state index contributed by atoms with van der Waals surface area (Å²) in [5.41, 5.74) is 0.107. The topological polar surface area (TPSA) is 58.2 Å². The molecule has 0 spiro atoms. The summed E-state index contributed by atoms with van der Waals surface area (Å²) in [6, 6.07) is 19.2. The van der Waals surface area contributed by atoms with Crippen molar-refractivity contribution in [2.24, 2.45) is 0 Å². The summed E-state index contributed by atoms with van der Waals surface area (Å²) in [6.45, 7) is 0. The van der Waals surface area contributed by atoms with Gasteiger partial charge >= 0.3 is 6.18 Å². The third-order valence-electron chi connectivity index (χ3n) is 5.76. The van der Waals surface area contributed by atoms with E-state index in [9.17, 15) is 27.2 Å². The van der Waals surface area contributed by atoms with Gasteiger partial charge in [-0.3, -0.25) is 9.59 Å². The second-order valence-electron chi connectivity index (χ2n) is 7.96. The molecule has 0 saturated carbocycles. The molecule has 4 nitrogen and oxygen atoms in total. The average Bonchev–Trinajstić information content (AvgIpc) is 3.15. The van der Waals surface area contributed by atoms with Gasteiger partial charge in [-0.05, 0) is 52.7 Å². The summed E-state index contributed by atoms with van der Waals surface area (Å²) in [4.78, 5) is 25.4. The van der Waals surface area contributed by atoms with Crippen molar-refractivity contribution in [3.8, 4) is 0 Å². The number of hydrogen-bond acceptors (Lipinski definition) is 2. The number of anilines is 1. The van der Waals surface area contributed by atoms with Crippen molar-refractivity contribution >= 4 is 28.3 Å². The van der Waals surface area contributed by atoms with Crippen LogP contribution in [0.4, 0.5) is 23.2 Å². The third kappa shape index (κ3) is 3.87. The Morgan fingerprint density at radius 3 is 2.41 bits per heavy atom. The van der Waals surface area contributed by atoms with Gasteiger partial charge in [0, 0.05) is 22.4 Å². The molecule has 1 heterocycles. The Hall–Kier alpha value is -4.20. The number of benzene rings is 4. The minimum Gasteiger partial charge on any atom is -0.341 e. The van der Waals surface area contributed by atoms with Gasteiger partial charge in [-0.15, -0.1) is 0 Å². The molecule has 2 amide bonds. The van der Waals surface area contributed by atoms with Crippen LogP contribution in [0.2, 0.25) is 0 Å². The Kier molecular flexibility index (Phi) is 5.08. The van der Waals surface area contributed by atoms with Crippen LogP contribution in [0.1, 0.15) is 43.4 Å². The fourth-order valence-corrected chi connectivity index (χ4v) is 4.18. The Morgan fingerprint density at radius 1 is 0.882 bits per heavy atom. The number of carbonyl (C=O) groups excluding carboxylic acids is 2. The van der Waals surface area contributed by atoms with Crippen LogP contribution in [-0.4, -0.2) is 11.8 Å². The molecule has 170 valence electrons. The smallest absolute Gasteiger partial charge is 0.341 e. The molecule has 1 aliphatic heterocycles. The Bertz CT molecular complexity index is 1460. The Balaban J connectivity index is 1.53. The number of fused-ring (bicyclic) bond motifs is 2. The van der Waals surface area contributed by atoms with Crippen LogP contribution in [0, 0.1) is 5.82 Å². The van der Waals surface area contributed by atoms with E-state index in [0.29, 0.717) is 23.3 Å². The quantitative estimate of drug-likeness (QED) is 0.361. The summed E-state index contributed by atoms with van der Waals surface area (Å²) in [5.74, 6) is -2.44. The molecule has 0 radical (unpaired) electrons. The van der Waals surface area contributed by atoms with E-state index in [2.05, 4.69) is 10.6 Å². The molecule has 1 atom stereocenters. The molecule has 1 aliphatic rings.